The molecule has 0 aromatic heterocycles. The van der Waals surface area contributed by atoms with E-state index in [0.29, 0.717) is 21.2 Å². The van der Waals surface area contributed by atoms with E-state index in [0.717, 1.165) is 0 Å². The van der Waals surface area contributed by atoms with Crippen molar-refractivity contribution in [3.63, 3.8) is 0 Å². The second-order valence-corrected chi connectivity index (χ2v) is 7.83. The van der Waals surface area contributed by atoms with Gasteiger partial charge in [0.15, 0.2) is 10.9 Å². The van der Waals surface area contributed by atoms with Crippen molar-refractivity contribution in [1.82, 2.24) is 4.90 Å². The smallest absolute Gasteiger partial charge is 0.269 e. The molecule has 1 aliphatic heterocycles. The number of carbonyl (C=O) groups is 1. The molecule has 2 aromatic rings. The molecule has 0 saturated carbocycles. The van der Waals surface area contributed by atoms with Gasteiger partial charge in [-0.15, -0.1) is 0 Å². The van der Waals surface area contributed by atoms with Crippen molar-refractivity contribution in [3.8, 4) is 5.75 Å². The zero-order valence-corrected chi connectivity index (χ0v) is 17.7. The number of carbonyl (C=O) groups excluding carboxylic acids is 1. The Hall–Kier alpha value is -2.55. The van der Waals surface area contributed by atoms with Gasteiger partial charge in [-0.3, -0.25) is 24.8 Å². The van der Waals surface area contributed by atoms with Crippen LogP contribution in [-0.2, 0) is 11.4 Å². The molecule has 0 atom stereocenters. The second kappa shape index (κ2) is 8.86. The van der Waals surface area contributed by atoms with Crippen LogP contribution >= 0.6 is 35.0 Å². The first-order valence-corrected chi connectivity index (χ1v) is 9.87. The number of amides is 1. The molecule has 1 aliphatic rings. The van der Waals surface area contributed by atoms with Crippen molar-refractivity contribution in [3.05, 3.63) is 72.6 Å². The summed E-state index contributed by atoms with van der Waals surface area (Å²) in [5.41, 5.74) is 1.23. The molecule has 10 heteroatoms. The van der Waals surface area contributed by atoms with Gasteiger partial charge in [0.1, 0.15) is 6.61 Å². The lowest BCUT2D eigenvalue weighted by molar-refractivity contribution is -0.384. The van der Waals surface area contributed by atoms with Crippen LogP contribution in [-0.4, -0.2) is 35.0 Å². The first kappa shape index (κ1) is 21.2. The minimum absolute atomic E-state index is 0.0241. The van der Waals surface area contributed by atoms with E-state index in [1.165, 1.54) is 28.8 Å². The number of rotatable bonds is 5. The highest BCUT2D eigenvalue weighted by Gasteiger charge is 2.29. The minimum Gasteiger partial charge on any atom is -0.486 e. The monoisotopic (exact) mass is 451 g/mol. The van der Waals surface area contributed by atoms with Gasteiger partial charge in [0.25, 0.3) is 11.6 Å². The van der Waals surface area contributed by atoms with Crippen LogP contribution < -0.4 is 4.74 Å². The number of likely N-dealkylation sites (N-methyl/N-ethyl adjacent to an activating group) is 1. The van der Waals surface area contributed by atoms with Crippen LogP contribution in [0.4, 0.5) is 5.69 Å². The molecule has 0 radical (unpaired) electrons. The van der Waals surface area contributed by atoms with Gasteiger partial charge < -0.3 is 4.74 Å². The number of benzene rings is 2. The Morgan fingerprint density at radius 3 is 2.55 bits per heavy atom. The standard InChI is InChI=1S/C19H15Cl2N3O4S/c1-22-19-23(2)18(25)16(29-19)9-12-7-14(20)17(15(21)8-12)28-10-11-4-3-5-13(6-11)24(26)27/h3-9H,10H2,1-2H3/b16-9-,22-19?. The number of nitro benzene ring substituents is 1. The molecule has 0 unspecified atom stereocenters. The second-order valence-electron chi connectivity index (χ2n) is 6.01. The Bertz CT molecular complexity index is 1030. The number of halogens is 2. The number of hydrogen-bond donors (Lipinski definition) is 0. The third kappa shape index (κ3) is 4.72. The van der Waals surface area contributed by atoms with E-state index in [9.17, 15) is 14.9 Å². The molecule has 0 spiro atoms. The summed E-state index contributed by atoms with van der Waals surface area (Å²) >= 11 is 13.9. The average Bonchev–Trinajstić information content (AvgIpc) is 2.95. The fraction of sp³-hybridized carbons (Fsp3) is 0.158. The van der Waals surface area contributed by atoms with E-state index in [4.69, 9.17) is 27.9 Å². The third-order valence-corrected chi connectivity index (χ3v) is 5.73. The van der Waals surface area contributed by atoms with Gasteiger partial charge in [-0.2, -0.15) is 0 Å². The Balaban J connectivity index is 1.80. The molecule has 150 valence electrons. The fourth-order valence-corrected chi connectivity index (χ4v) is 4.16. The molecule has 1 amide bonds. The molecular formula is C19H15Cl2N3O4S. The number of thioether (sulfide) groups is 1. The van der Waals surface area contributed by atoms with Crippen LogP contribution in [0.2, 0.25) is 10.0 Å². The first-order valence-electron chi connectivity index (χ1n) is 8.29. The van der Waals surface area contributed by atoms with Crippen molar-refractivity contribution in [2.24, 2.45) is 4.99 Å². The number of amidine groups is 1. The lowest BCUT2D eigenvalue weighted by atomic mass is 10.2. The Kier molecular flexibility index (Phi) is 6.46. The molecule has 1 heterocycles. The number of nitro groups is 1. The van der Waals surface area contributed by atoms with Crippen LogP contribution in [0.25, 0.3) is 6.08 Å². The quantitative estimate of drug-likeness (QED) is 0.362. The highest BCUT2D eigenvalue weighted by Crippen LogP contribution is 2.37. The van der Waals surface area contributed by atoms with Crippen LogP contribution in [0.1, 0.15) is 11.1 Å². The number of aliphatic imine (C=N–C) groups is 1. The van der Waals surface area contributed by atoms with Gasteiger partial charge in [-0.1, -0.05) is 35.3 Å². The molecule has 0 bridgehead atoms. The zero-order valence-electron chi connectivity index (χ0n) is 15.4. The molecule has 1 saturated heterocycles. The maximum absolute atomic E-state index is 12.3. The van der Waals surface area contributed by atoms with Crippen molar-refractivity contribution in [2.45, 2.75) is 6.61 Å². The Labute approximate surface area is 181 Å². The molecule has 1 fully saturated rings. The maximum Gasteiger partial charge on any atom is 0.269 e. The topological polar surface area (TPSA) is 85.0 Å². The van der Waals surface area contributed by atoms with Gasteiger partial charge in [-0.25, -0.2) is 0 Å². The summed E-state index contributed by atoms with van der Waals surface area (Å²) in [5.74, 6) is 0.106. The Morgan fingerprint density at radius 1 is 1.28 bits per heavy atom. The van der Waals surface area contributed by atoms with E-state index in [2.05, 4.69) is 4.99 Å². The van der Waals surface area contributed by atoms with E-state index < -0.39 is 4.92 Å². The van der Waals surface area contributed by atoms with Crippen molar-refractivity contribution in [2.75, 3.05) is 14.1 Å². The molecule has 7 nitrogen and oxygen atoms in total. The SMILES string of the molecule is CN=C1S/C(=C\c2cc(Cl)c(OCc3cccc([N+](=O)[O-])c3)c(Cl)c2)C(=O)N1C. The summed E-state index contributed by atoms with van der Waals surface area (Å²) in [6.07, 6.45) is 1.68. The summed E-state index contributed by atoms with van der Waals surface area (Å²) in [5, 5.41) is 12.0. The van der Waals surface area contributed by atoms with Crippen LogP contribution in [0.15, 0.2) is 46.3 Å². The Morgan fingerprint density at radius 2 is 1.97 bits per heavy atom. The van der Waals surface area contributed by atoms with E-state index in [1.54, 1.807) is 44.4 Å². The van der Waals surface area contributed by atoms with Crippen LogP contribution in [0.5, 0.6) is 5.75 Å². The van der Waals surface area contributed by atoms with Gasteiger partial charge in [0, 0.05) is 26.2 Å². The van der Waals surface area contributed by atoms with Gasteiger partial charge >= 0.3 is 0 Å². The normalized spacial score (nSPS) is 16.7. The number of non-ortho nitro benzene ring substituents is 1. The van der Waals surface area contributed by atoms with E-state index in [-0.39, 0.29) is 34.0 Å². The molecule has 3 rings (SSSR count). The van der Waals surface area contributed by atoms with Crippen molar-refractivity contribution < 1.29 is 14.5 Å². The molecular weight excluding hydrogens is 437 g/mol. The molecule has 0 aliphatic carbocycles. The molecule has 0 N–H and O–H groups in total. The zero-order chi connectivity index (χ0) is 21.1. The summed E-state index contributed by atoms with van der Waals surface area (Å²) in [6, 6.07) is 9.39. The van der Waals surface area contributed by atoms with Crippen LogP contribution in [0.3, 0.4) is 0 Å². The number of nitrogens with zero attached hydrogens (tertiary/aromatic N) is 3. The summed E-state index contributed by atoms with van der Waals surface area (Å²) in [7, 11) is 3.28. The van der Waals surface area contributed by atoms with Gasteiger partial charge in [-0.05, 0) is 41.1 Å². The maximum atomic E-state index is 12.3. The minimum atomic E-state index is -0.472. The first-order chi connectivity index (χ1) is 13.8. The van der Waals surface area contributed by atoms with Gasteiger partial charge in [0.2, 0.25) is 0 Å². The highest BCUT2D eigenvalue weighted by atomic mass is 35.5. The average molecular weight is 452 g/mol. The summed E-state index contributed by atoms with van der Waals surface area (Å²) < 4.78 is 5.68. The van der Waals surface area contributed by atoms with E-state index in [1.807, 2.05) is 0 Å². The fourth-order valence-electron chi connectivity index (χ4n) is 2.62. The number of hydrogen-bond acceptors (Lipinski definition) is 6. The van der Waals surface area contributed by atoms with Crippen molar-refractivity contribution in [1.29, 1.82) is 0 Å². The predicted molar refractivity (Wildman–Crippen MR) is 116 cm³/mol. The van der Waals surface area contributed by atoms with E-state index >= 15 is 0 Å². The summed E-state index contributed by atoms with van der Waals surface area (Å²) in [6.45, 7) is 0.0665. The molecule has 2 aromatic carbocycles. The van der Waals surface area contributed by atoms with Crippen LogP contribution in [0, 0.1) is 10.1 Å². The third-order valence-electron chi connectivity index (χ3n) is 4.02. The number of ether oxygens (including phenoxy) is 1. The highest BCUT2D eigenvalue weighted by molar-refractivity contribution is 8.18. The lowest BCUT2D eigenvalue weighted by Gasteiger charge is -2.11. The largest absolute Gasteiger partial charge is 0.486 e. The summed E-state index contributed by atoms with van der Waals surface area (Å²) in [4.78, 5) is 28.7. The predicted octanol–water partition coefficient (Wildman–Crippen LogP) is 5.01. The lowest BCUT2D eigenvalue weighted by Crippen LogP contribution is -2.23. The van der Waals surface area contributed by atoms with Crippen molar-refractivity contribution >= 4 is 57.8 Å². The van der Waals surface area contributed by atoms with Gasteiger partial charge in [0.05, 0.1) is 19.9 Å². The molecule has 29 heavy (non-hydrogen) atoms.